The van der Waals surface area contributed by atoms with Crippen molar-refractivity contribution < 1.29 is 14.3 Å². The quantitative estimate of drug-likeness (QED) is 0.755. The molecule has 0 N–H and O–H groups in total. The molecule has 114 valence electrons. The summed E-state index contributed by atoms with van der Waals surface area (Å²) in [4.78, 5) is 41.0. The molecule has 22 heavy (non-hydrogen) atoms. The number of carbonyl (C=O) groups excluding carboxylic acids is 2. The molecule has 0 unspecified atom stereocenters. The summed E-state index contributed by atoms with van der Waals surface area (Å²) in [5.41, 5.74) is 0.0278. The van der Waals surface area contributed by atoms with E-state index in [1.807, 2.05) is 12.1 Å². The lowest BCUT2D eigenvalue weighted by Gasteiger charge is -2.15. The van der Waals surface area contributed by atoms with Crippen LogP contribution < -0.4 is 10.6 Å². The van der Waals surface area contributed by atoms with Gasteiger partial charge < -0.3 is 4.74 Å². The van der Waals surface area contributed by atoms with Crippen LogP contribution in [0.25, 0.3) is 0 Å². The summed E-state index contributed by atoms with van der Waals surface area (Å²) in [7, 11) is 1.21. The van der Waals surface area contributed by atoms with Crippen molar-refractivity contribution in [3.05, 3.63) is 45.0 Å². The molecule has 8 nitrogen and oxygen atoms in total. The first kappa shape index (κ1) is 14.5. The second-order valence-electron chi connectivity index (χ2n) is 4.60. The molecule has 3 rings (SSSR count). The van der Waals surface area contributed by atoms with E-state index in [2.05, 4.69) is 25.7 Å². The van der Waals surface area contributed by atoms with Crippen molar-refractivity contribution in [2.24, 2.45) is 0 Å². The Morgan fingerprint density at radius 2 is 2.00 bits per heavy atom. The van der Waals surface area contributed by atoms with E-state index in [0.717, 1.165) is 13.8 Å². The summed E-state index contributed by atoms with van der Waals surface area (Å²) >= 11 is 3.33. The smallest absolute Gasteiger partial charge is 0.365 e. The van der Waals surface area contributed by atoms with Crippen molar-refractivity contribution >= 4 is 33.6 Å². The summed E-state index contributed by atoms with van der Waals surface area (Å²) in [5.74, 6) is -0.332. The number of aromatic nitrogens is 3. The molecule has 0 bridgehead atoms. The van der Waals surface area contributed by atoms with Gasteiger partial charge in [0.1, 0.15) is 6.54 Å². The van der Waals surface area contributed by atoms with E-state index in [-0.39, 0.29) is 13.1 Å². The zero-order valence-corrected chi connectivity index (χ0v) is 13.1. The third-order valence-corrected chi connectivity index (χ3v) is 3.82. The molecule has 1 aliphatic heterocycles. The van der Waals surface area contributed by atoms with Gasteiger partial charge in [-0.3, -0.25) is 9.69 Å². The molecule has 0 radical (unpaired) electrons. The normalized spacial score (nSPS) is 13.4. The summed E-state index contributed by atoms with van der Waals surface area (Å²) in [6.07, 6.45) is 0. The first-order valence-corrected chi connectivity index (χ1v) is 7.13. The minimum absolute atomic E-state index is 0.171. The Labute approximate surface area is 133 Å². The monoisotopic (exact) mass is 366 g/mol. The van der Waals surface area contributed by atoms with E-state index in [4.69, 9.17) is 0 Å². The molecule has 1 aromatic carbocycles. The van der Waals surface area contributed by atoms with Crippen LogP contribution >= 0.6 is 15.9 Å². The number of nitrogens with zero attached hydrogens (tertiary/aromatic N) is 4. The lowest BCUT2D eigenvalue weighted by Crippen LogP contribution is -2.35. The summed E-state index contributed by atoms with van der Waals surface area (Å²) in [5, 5.41) is 0. The first-order valence-electron chi connectivity index (χ1n) is 6.34. The number of hydrogen-bond acceptors (Lipinski definition) is 5. The van der Waals surface area contributed by atoms with Crippen molar-refractivity contribution in [3.63, 3.8) is 0 Å². The third-order valence-electron chi connectivity index (χ3n) is 3.29. The van der Waals surface area contributed by atoms with Crippen molar-refractivity contribution in [3.8, 4) is 0 Å². The lowest BCUT2D eigenvalue weighted by molar-refractivity contribution is -0.141. The fraction of sp³-hybridized carbons (Fsp3) is 0.231. The van der Waals surface area contributed by atoms with Gasteiger partial charge in [-0.2, -0.15) is 9.67 Å². The molecule has 1 amide bonds. The van der Waals surface area contributed by atoms with E-state index in [1.54, 1.807) is 12.1 Å². The number of benzene rings is 1. The minimum Gasteiger partial charge on any atom is -0.468 e. The highest BCUT2D eigenvalue weighted by Gasteiger charge is 2.33. The van der Waals surface area contributed by atoms with Gasteiger partial charge in [0, 0.05) is 10.2 Å². The van der Waals surface area contributed by atoms with Gasteiger partial charge in [0.25, 0.3) is 0 Å². The van der Waals surface area contributed by atoms with Crippen molar-refractivity contribution in [1.82, 2.24) is 14.3 Å². The molecular weight excluding hydrogens is 356 g/mol. The number of anilines is 1. The Kier molecular flexibility index (Phi) is 3.57. The number of esters is 1. The van der Waals surface area contributed by atoms with E-state index in [1.165, 1.54) is 12.0 Å². The number of halogens is 1. The number of hydrogen-bond donors (Lipinski definition) is 0. The average Bonchev–Trinajstić information content (AvgIpc) is 2.97. The molecule has 2 aromatic rings. The van der Waals surface area contributed by atoms with Gasteiger partial charge in [-0.25, -0.2) is 14.3 Å². The molecule has 0 aliphatic carbocycles. The van der Waals surface area contributed by atoms with Gasteiger partial charge in [0.15, 0.2) is 5.82 Å². The van der Waals surface area contributed by atoms with E-state index in [9.17, 15) is 14.4 Å². The molecule has 0 atom stereocenters. The zero-order chi connectivity index (χ0) is 15.9. The molecule has 0 saturated heterocycles. The summed E-state index contributed by atoms with van der Waals surface area (Å²) < 4.78 is 7.51. The van der Waals surface area contributed by atoms with Gasteiger partial charge in [-0.1, -0.05) is 15.9 Å². The van der Waals surface area contributed by atoms with E-state index >= 15 is 0 Å². The van der Waals surface area contributed by atoms with Crippen LogP contribution in [0.3, 0.4) is 0 Å². The maximum Gasteiger partial charge on any atom is 0.365 e. The highest BCUT2D eigenvalue weighted by atomic mass is 79.9. The molecular formula is C13H11BrN4O4. The Bertz CT molecular complexity index is 808. The average molecular weight is 367 g/mol. The van der Waals surface area contributed by atoms with Gasteiger partial charge in [0.05, 0.1) is 13.7 Å². The molecule has 1 aliphatic rings. The number of carbonyl (C=O) groups is 2. The van der Waals surface area contributed by atoms with Gasteiger partial charge in [-0.05, 0) is 24.3 Å². The summed E-state index contributed by atoms with van der Waals surface area (Å²) in [6, 6.07) is 6.74. The van der Waals surface area contributed by atoms with Crippen molar-refractivity contribution in [2.45, 2.75) is 13.1 Å². The van der Waals surface area contributed by atoms with Crippen LogP contribution in [0.2, 0.25) is 0 Å². The van der Waals surface area contributed by atoms with Crippen LogP contribution in [0.4, 0.5) is 10.5 Å². The van der Waals surface area contributed by atoms with Gasteiger partial charge >= 0.3 is 17.7 Å². The van der Waals surface area contributed by atoms with Crippen LogP contribution in [0.15, 0.2) is 33.5 Å². The Morgan fingerprint density at radius 1 is 1.32 bits per heavy atom. The molecule has 2 heterocycles. The lowest BCUT2D eigenvalue weighted by atomic mass is 10.3. The third kappa shape index (κ3) is 2.33. The molecule has 0 saturated carbocycles. The maximum atomic E-state index is 12.5. The van der Waals surface area contributed by atoms with E-state index < -0.39 is 17.7 Å². The van der Waals surface area contributed by atoms with Crippen molar-refractivity contribution in [2.75, 3.05) is 12.0 Å². The second-order valence-corrected chi connectivity index (χ2v) is 5.52. The standard InChI is InChI=1S/C13H11BrN4O4/c1-22-11(19)7-17-12(20)15-10-6-16(13(21)18(10)17)9-4-2-8(14)3-5-9/h2-5H,6-7H2,1H3. The predicted molar refractivity (Wildman–Crippen MR) is 79.6 cm³/mol. The largest absolute Gasteiger partial charge is 0.468 e. The van der Waals surface area contributed by atoms with Gasteiger partial charge in [0.2, 0.25) is 0 Å². The molecule has 1 aromatic heterocycles. The fourth-order valence-electron chi connectivity index (χ4n) is 2.23. The molecule has 0 fully saturated rings. The number of amides is 1. The van der Waals surface area contributed by atoms with Crippen LogP contribution in [0.5, 0.6) is 0 Å². The topological polar surface area (TPSA) is 86.4 Å². The SMILES string of the molecule is COC(=O)Cn1c(=O)nc2n1C(=O)N(c1ccc(Br)cc1)C2. The second kappa shape index (κ2) is 5.41. The first-order chi connectivity index (χ1) is 10.5. The Morgan fingerprint density at radius 3 is 2.64 bits per heavy atom. The predicted octanol–water partition coefficient (Wildman–Crippen LogP) is 0.969. The maximum absolute atomic E-state index is 12.5. The number of methoxy groups -OCH3 is 1. The highest BCUT2D eigenvalue weighted by Crippen LogP contribution is 2.24. The number of fused-ring (bicyclic) bond motifs is 1. The number of ether oxygens (including phenoxy) is 1. The Hall–Kier alpha value is -2.42. The minimum atomic E-state index is -0.649. The highest BCUT2D eigenvalue weighted by molar-refractivity contribution is 9.10. The van der Waals surface area contributed by atoms with Crippen molar-refractivity contribution in [1.29, 1.82) is 0 Å². The van der Waals surface area contributed by atoms with E-state index in [0.29, 0.717) is 11.5 Å². The molecule has 0 spiro atoms. The fourth-order valence-corrected chi connectivity index (χ4v) is 2.49. The number of rotatable bonds is 3. The van der Waals surface area contributed by atoms with Gasteiger partial charge in [-0.15, -0.1) is 0 Å². The Balaban J connectivity index is 1.96. The van der Waals surface area contributed by atoms with Crippen LogP contribution in [-0.4, -0.2) is 33.5 Å². The van der Waals surface area contributed by atoms with Crippen LogP contribution in [-0.2, 0) is 22.6 Å². The zero-order valence-electron chi connectivity index (χ0n) is 11.5. The molecule has 9 heteroatoms. The van der Waals surface area contributed by atoms with Crippen LogP contribution in [0, 0.1) is 0 Å². The van der Waals surface area contributed by atoms with Crippen LogP contribution in [0.1, 0.15) is 5.82 Å². The summed E-state index contributed by atoms with van der Waals surface area (Å²) in [6.45, 7) is -0.188.